The van der Waals surface area contributed by atoms with E-state index >= 15 is 0 Å². The molecule has 0 spiro atoms. The van der Waals surface area contributed by atoms with Gasteiger partial charge < -0.3 is 15.7 Å². The van der Waals surface area contributed by atoms with Crippen molar-refractivity contribution in [3.8, 4) is 17.1 Å². The van der Waals surface area contributed by atoms with Gasteiger partial charge in [0.05, 0.1) is 10.9 Å². The summed E-state index contributed by atoms with van der Waals surface area (Å²) in [7, 11) is 2.17. The molecule has 4 aromatic rings. The Morgan fingerprint density at radius 1 is 1.14 bits per heavy atom. The highest BCUT2D eigenvalue weighted by Gasteiger charge is 2.22. The summed E-state index contributed by atoms with van der Waals surface area (Å²) in [4.78, 5) is 15.2. The van der Waals surface area contributed by atoms with Crippen LogP contribution in [0.3, 0.4) is 0 Å². The first-order valence-electron chi connectivity index (χ1n) is 9.84. The van der Waals surface area contributed by atoms with Gasteiger partial charge in [-0.3, -0.25) is 0 Å². The predicted octanol–water partition coefficient (Wildman–Crippen LogP) is 2.67. The number of hydrogen-bond acceptors (Lipinski definition) is 7. The van der Waals surface area contributed by atoms with E-state index < -0.39 is 0 Å². The Bertz CT molecular complexity index is 1190. The maximum atomic E-state index is 9.61. The third-order valence-corrected chi connectivity index (χ3v) is 5.78. The third kappa shape index (κ3) is 3.25. The van der Waals surface area contributed by atoms with E-state index in [1.807, 2.05) is 28.9 Å². The van der Waals surface area contributed by atoms with Gasteiger partial charge in [-0.25, -0.2) is 19.6 Å². The summed E-state index contributed by atoms with van der Waals surface area (Å²) in [5.41, 5.74) is 9.45. The summed E-state index contributed by atoms with van der Waals surface area (Å²) in [6, 6.07) is 9.27. The molecule has 1 aliphatic rings. The monoisotopic (exact) mass is 389 g/mol. The van der Waals surface area contributed by atoms with Gasteiger partial charge in [-0.1, -0.05) is 6.07 Å². The molecule has 0 atom stereocenters. The molecule has 3 N–H and O–H groups in total. The van der Waals surface area contributed by atoms with Crippen LogP contribution < -0.4 is 5.73 Å². The largest absolute Gasteiger partial charge is 0.493 e. The first-order chi connectivity index (χ1) is 14.1. The number of aromatic nitrogens is 5. The summed E-state index contributed by atoms with van der Waals surface area (Å²) in [6.45, 7) is 3.04. The van der Waals surface area contributed by atoms with Crippen molar-refractivity contribution < 1.29 is 5.11 Å². The minimum atomic E-state index is 0.00995. The lowest BCUT2D eigenvalue weighted by Crippen LogP contribution is -2.32. The zero-order chi connectivity index (χ0) is 20.0. The Morgan fingerprint density at radius 3 is 2.79 bits per heavy atom. The van der Waals surface area contributed by atoms with E-state index in [2.05, 4.69) is 26.9 Å². The van der Waals surface area contributed by atoms with Crippen molar-refractivity contribution in [1.82, 2.24) is 29.6 Å². The minimum Gasteiger partial charge on any atom is -0.493 e. The number of anilines is 1. The zero-order valence-corrected chi connectivity index (χ0v) is 16.3. The highest BCUT2D eigenvalue weighted by molar-refractivity contribution is 5.99. The van der Waals surface area contributed by atoms with Crippen molar-refractivity contribution in [3.05, 3.63) is 36.7 Å². The van der Waals surface area contributed by atoms with E-state index in [-0.39, 0.29) is 5.88 Å². The average molecular weight is 389 g/mol. The van der Waals surface area contributed by atoms with Crippen LogP contribution in [0.5, 0.6) is 5.88 Å². The molecule has 29 heavy (non-hydrogen) atoms. The van der Waals surface area contributed by atoms with E-state index in [4.69, 9.17) is 10.8 Å². The molecule has 4 heterocycles. The zero-order valence-electron chi connectivity index (χ0n) is 16.3. The third-order valence-electron chi connectivity index (χ3n) is 5.78. The van der Waals surface area contributed by atoms with Crippen molar-refractivity contribution in [3.63, 3.8) is 0 Å². The number of nitrogen functional groups attached to an aromatic ring is 1. The lowest BCUT2D eigenvalue weighted by atomic mass is 9.97. The van der Waals surface area contributed by atoms with E-state index in [0.717, 1.165) is 65.7 Å². The minimum absolute atomic E-state index is 0.00995. The van der Waals surface area contributed by atoms with E-state index in [0.29, 0.717) is 11.7 Å². The Labute approximate surface area is 168 Å². The number of aromatic hydroxyl groups is 1. The fraction of sp³-hybridized carbons (Fsp3) is 0.333. The number of piperidine rings is 1. The van der Waals surface area contributed by atoms with Crippen LogP contribution >= 0.6 is 0 Å². The number of likely N-dealkylation sites (tertiary alicyclic amines) is 1. The molecule has 8 heteroatoms. The molecular weight excluding hydrogens is 366 g/mol. The van der Waals surface area contributed by atoms with Crippen LogP contribution in [0, 0.1) is 5.92 Å². The summed E-state index contributed by atoms with van der Waals surface area (Å²) in [6.07, 6.45) is 3.80. The van der Waals surface area contributed by atoms with Gasteiger partial charge >= 0.3 is 0 Å². The van der Waals surface area contributed by atoms with Crippen molar-refractivity contribution in [2.75, 3.05) is 25.9 Å². The maximum absolute atomic E-state index is 9.61. The molecule has 0 unspecified atom stereocenters. The van der Waals surface area contributed by atoms with Gasteiger partial charge in [0.15, 0.2) is 5.65 Å². The molecular formula is C21H23N7O. The molecule has 1 aliphatic heterocycles. The van der Waals surface area contributed by atoms with Crippen molar-refractivity contribution in [2.45, 2.75) is 19.4 Å². The molecule has 1 saturated heterocycles. The molecule has 3 aromatic heterocycles. The fourth-order valence-electron chi connectivity index (χ4n) is 4.11. The Morgan fingerprint density at radius 2 is 1.97 bits per heavy atom. The van der Waals surface area contributed by atoms with Crippen molar-refractivity contribution in [1.29, 1.82) is 0 Å². The van der Waals surface area contributed by atoms with Crippen molar-refractivity contribution in [2.24, 2.45) is 5.92 Å². The Kier molecular flexibility index (Phi) is 4.28. The first kappa shape index (κ1) is 17.8. The van der Waals surface area contributed by atoms with Crippen LogP contribution in [0.2, 0.25) is 0 Å². The number of nitrogens with two attached hydrogens (primary N) is 1. The van der Waals surface area contributed by atoms with Gasteiger partial charge in [0.25, 0.3) is 0 Å². The highest BCUT2D eigenvalue weighted by Crippen LogP contribution is 2.33. The summed E-state index contributed by atoms with van der Waals surface area (Å²) in [5.74, 6) is 1.02. The van der Waals surface area contributed by atoms with Gasteiger partial charge in [0.1, 0.15) is 17.8 Å². The van der Waals surface area contributed by atoms with E-state index in [1.165, 1.54) is 6.33 Å². The average Bonchev–Trinajstić information content (AvgIpc) is 3.09. The second-order valence-electron chi connectivity index (χ2n) is 7.81. The van der Waals surface area contributed by atoms with E-state index in [9.17, 15) is 5.11 Å². The summed E-state index contributed by atoms with van der Waals surface area (Å²) in [5, 5.41) is 16.2. The summed E-state index contributed by atoms with van der Waals surface area (Å²) >= 11 is 0. The smallest absolute Gasteiger partial charge is 0.211 e. The summed E-state index contributed by atoms with van der Waals surface area (Å²) < 4.78 is 1.98. The molecule has 0 aliphatic carbocycles. The maximum Gasteiger partial charge on any atom is 0.211 e. The molecule has 5 rings (SSSR count). The normalized spacial score (nSPS) is 16.0. The number of hydrogen-bond donors (Lipinski definition) is 2. The molecule has 0 amide bonds. The number of pyridine rings is 1. The molecule has 0 bridgehead atoms. The number of nitrogens with zero attached hydrogens (tertiary/aromatic N) is 6. The Hall–Kier alpha value is -3.26. The number of fused-ring (bicyclic) bond motifs is 2. The van der Waals surface area contributed by atoms with Gasteiger partial charge in [-0.2, -0.15) is 5.10 Å². The molecule has 0 radical (unpaired) electrons. The van der Waals surface area contributed by atoms with Crippen LogP contribution in [0.25, 0.3) is 33.2 Å². The van der Waals surface area contributed by atoms with E-state index in [1.54, 1.807) is 6.07 Å². The van der Waals surface area contributed by atoms with Crippen molar-refractivity contribution >= 4 is 27.8 Å². The molecule has 1 fully saturated rings. The quantitative estimate of drug-likeness (QED) is 0.555. The standard InChI is InChI=1S/C21H23N7O/c1-27-8-6-13(7-9-27)11-28-21-18(20(22)23-12-24-21)19(26-28)15-2-4-16-14(10-15)3-5-17(29)25-16/h2-5,10,12-13H,6-9,11H2,1H3,(H,25,29)(H2,22,23,24). The molecule has 1 aromatic carbocycles. The molecule has 0 saturated carbocycles. The van der Waals surface area contributed by atoms with Crippen LogP contribution in [0.4, 0.5) is 5.82 Å². The second-order valence-corrected chi connectivity index (χ2v) is 7.81. The lowest BCUT2D eigenvalue weighted by molar-refractivity contribution is 0.202. The first-order valence-corrected chi connectivity index (χ1v) is 9.84. The van der Waals surface area contributed by atoms with Crippen LogP contribution in [-0.2, 0) is 6.54 Å². The molecule has 148 valence electrons. The predicted molar refractivity (Wildman–Crippen MR) is 112 cm³/mol. The van der Waals surface area contributed by atoms with Gasteiger partial charge in [0.2, 0.25) is 5.88 Å². The second kappa shape index (κ2) is 6.97. The van der Waals surface area contributed by atoms with Crippen LogP contribution in [0.15, 0.2) is 36.7 Å². The van der Waals surface area contributed by atoms with Gasteiger partial charge in [-0.15, -0.1) is 0 Å². The van der Waals surface area contributed by atoms with Gasteiger partial charge in [-0.05, 0) is 57.1 Å². The fourth-order valence-corrected chi connectivity index (χ4v) is 4.11. The van der Waals surface area contributed by atoms with Gasteiger partial charge in [0, 0.05) is 23.6 Å². The molecule has 8 nitrogen and oxygen atoms in total. The Balaban J connectivity index is 1.59. The SMILES string of the molecule is CN1CCC(Cn2nc(-c3ccc4nc(O)ccc4c3)c3c(N)ncnc32)CC1. The lowest BCUT2D eigenvalue weighted by Gasteiger charge is -2.28. The number of benzene rings is 1. The number of rotatable bonds is 3. The van der Waals surface area contributed by atoms with Crippen LogP contribution in [0.1, 0.15) is 12.8 Å². The highest BCUT2D eigenvalue weighted by atomic mass is 16.3. The van der Waals surface area contributed by atoms with Crippen LogP contribution in [-0.4, -0.2) is 54.9 Å². The topological polar surface area (TPSA) is 106 Å².